The molecular formula is C63H39N5S. The van der Waals surface area contributed by atoms with Gasteiger partial charge in [0.2, 0.25) is 0 Å². The normalized spacial score (nSPS) is 11.8. The minimum atomic E-state index is 0.652. The lowest BCUT2D eigenvalue weighted by Crippen LogP contribution is -2.00. The third kappa shape index (κ3) is 6.56. The molecular weight excluding hydrogens is 859 g/mol. The largest absolute Gasteiger partial charge is 0.309 e. The van der Waals surface area contributed by atoms with E-state index in [1.807, 2.05) is 72.0 Å². The highest BCUT2D eigenvalue weighted by atomic mass is 32.1. The summed E-state index contributed by atoms with van der Waals surface area (Å²) in [5, 5.41) is 7.34. The number of aromatic nitrogens is 5. The lowest BCUT2D eigenvalue weighted by atomic mass is 9.99. The topological polar surface area (TPSA) is 48.5 Å². The van der Waals surface area contributed by atoms with Gasteiger partial charge in [0.25, 0.3) is 0 Å². The maximum atomic E-state index is 5.05. The highest BCUT2D eigenvalue weighted by Gasteiger charge is 2.19. The van der Waals surface area contributed by atoms with E-state index in [4.69, 9.17) is 15.0 Å². The number of hydrogen-bond donors (Lipinski definition) is 0. The molecule has 4 heterocycles. The maximum Gasteiger partial charge on any atom is 0.164 e. The molecule has 0 amide bonds. The van der Waals surface area contributed by atoms with Gasteiger partial charge in [-0.3, -0.25) is 0 Å². The molecule has 14 aromatic rings. The van der Waals surface area contributed by atoms with Crippen LogP contribution in [0.4, 0.5) is 0 Å². The average Bonchev–Trinajstić information content (AvgIpc) is 4.08. The Kier molecular flexibility index (Phi) is 9.00. The van der Waals surface area contributed by atoms with E-state index >= 15 is 0 Å². The van der Waals surface area contributed by atoms with Crippen molar-refractivity contribution in [1.29, 1.82) is 0 Å². The molecule has 0 atom stereocenters. The molecule has 69 heavy (non-hydrogen) atoms. The molecule has 0 fully saturated rings. The number of para-hydroxylation sites is 3. The predicted molar refractivity (Wildman–Crippen MR) is 289 cm³/mol. The molecule has 0 aliphatic rings. The molecule has 6 heteroatoms. The van der Waals surface area contributed by atoms with Gasteiger partial charge in [-0.1, -0.05) is 146 Å². The second-order valence-corrected chi connectivity index (χ2v) is 18.7. The van der Waals surface area contributed by atoms with Crippen molar-refractivity contribution in [2.45, 2.75) is 0 Å². The van der Waals surface area contributed by atoms with Crippen LogP contribution in [0.15, 0.2) is 237 Å². The van der Waals surface area contributed by atoms with Crippen LogP contribution in [-0.2, 0) is 0 Å². The van der Waals surface area contributed by atoms with Gasteiger partial charge >= 0.3 is 0 Å². The van der Waals surface area contributed by atoms with E-state index in [0.717, 1.165) is 33.6 Å². The summed E-state index contributed by atoms with van der Waals surface area (Å²) in [5.74, 6) is 1.96. The van der Waals surface area contributed by atoms with Crippen LogP contribution in [0, 0.1) is 0 Å². The van der Waals surface area contributed by atoms with Gasteiger partial charge < -0.3 is 9.13 Å². The Morgan fingerprint density at radius 3 is 1.19 bits per heavy atom. The van der Waals surface area contributed by atoms with Crippen molar-refractivity contribution < 1.29 is 0 Å². The third-order valence-electron chi connectivity index (χ3n) is 13.6. The summed E-state index contributed by atoms with van der Waals surface area (Å²) in [6.45, 7) is 0. The SMILES string of the molecule is c1ccc(-c2nc(-c3ccccc3)nc(-c3ccc4sc5ccc(-c6ccc7c8cc(-c9ccc%10c(c9)c9ccccc9n%10-c9ccccc9)ccc8n(-c8ccccc8)c7c6)cc5c4c3)n2)cc1. The summed E-state index contributed by atoms with van der Waals surface area (Å²) in [6, 6.07) is 84.8. The standard InChI is InChI=1S/C63H39N5S/c1-5-15-40(16-6-1)61-64-62(41-17-7-2-8-18-41)66-63(65-61)46-29-34-60-54(38-46)53-37-44(28-33-59(53)69-60)45-25-30-50-52-36-43(27-32-57(52)68(58(50)39-45)48-21-11-4-12-22-48)42-26-31-56-51(35-42)49-23-13-14-24-55(49)67(56)47-19-9-3-10-20-47/h1-39H. The molecule has 0 N–H and O–H groups in total. The van der Waals surface area contributed by atoms with Gasteiger partial charge in [-0.15, -0.1) is 11.3 Å². The fourth-order valence-electron chi connectivity index (χ4n) is 10.3. The van der Waals surface area contributed by atoms with Gasteiger partial charge in [0.05, 0.1) is 22.1 Å². The van der Waals surface area contributed by atoms with Crippen LogP contribution in [0.3, 0.4) is 0 Å². The van der Waals surface area contributed by atoms with E-state index in [1.54, 1.807) is 0 Å². The zero-order chi connectivity index (χ0) is 45.4. The van der Waals surface area contributed by atoms with Crippen LogP contribution >= 0.6 is 11.3 Å². The van der Waals surface area contributed by atoms with Crippen LogP contribution in [0.5, 0.6) is 0 Å². The van der Waals surface area contributed by atoms with Crippen molar-refractivity contribution in [3.63, 3.8) is 0 Å². The Bertz CT molecular complexity index is 4230. The van der Waals surface area contributed by atoms with Crippen molar-refractivity contribution in [1.82, 2.24) is 24.1 Å². The number of nitrogens with zero attached hydrogens (tertiary/aromatic N) is 5. The van der Waals surface area contributed by atoms with Crippen LogP contribution < -0.4 is 0 Å². The fraction of sp³-hybridized carbons (Fsp3) is 0. The maximum absolute atomic E-state index is 5.05. The predicted octanol–water partition coefficient (Wildman–Crippen LogP) is 16.8. The lowest BCUT2D eigenvalue weighted by Gasteiger charge is -2.10. The Hall–Kier alpha value is -8.97. The Morgan fingerprint density at radius 1 is 0.246 bits per heavy atom. The molecule has 0 saturated heterocycles. The first-order valence-electron chi connectivity index (χ1n) is 23.3. The second kappa shape index (κ2) is 15.8. The van der Waals surface area contributed by atoms with Crippen LogP contribution in [0.25, 0.3) is 132 Å². The number of benzene rings is 10. The fourth-order valence-corrected chi connectivity index (χ4v) is 11.3. The van der Waals surface area contributed by atoms with Crippen molar-refractivity contribution in [2.75, 3.05) is 0 Å². The number of rotatable bonds is 7. The molecule has 0 bridgehead atoms. The minimum Gasteiger partial charge on any atom is -0.309 e. The molecule has 10 aromatic carbocycles. The first-order valence-corrected chi connectivity index (χ1v) is 24.1. The Balaban J connectivity index is 0.888. The van der Waals surface area contributed by atoms with E-state index in [1.165, 1.54) is 80.5 Å². The molecule has 5 nitrogen and oxygen atoms in total. The molecule has 0 saturated carbocycles. The molecule has 14 rings (SSSR count). The number of fused-ring (bicyclic) bond motifs is 9. The van der Waals surface area contributed by atoms with Gasteiger partial charge in [-0.05, 0) is 113 Å². The van der Waals surface area contributed by atoms with Crippen molar-refractivity contribution in [3.8, 4) is 67.8 Å². The van der Waals surface area contributed by atoms with Gasteiger partial charge in [0, 0.05) is 69.8 Å². The molecule has 0 aliphatic carbocycles. The Morgan fingerprint density at radius 2 is 0.623 bits per heavy atom. The molecule has 0 spiro atoms. The summed E-state index contributed by atoms with van der Waals surface area (Å²) < 4.78 is 7.26. The number of thiophene rings is 1. The molecule has 0 unspecified atom stereocenters. The molecule has 322 valence electrons. The van der Waals surface area contributed by atoms with Crippen molar-refractivity contribution in [2.24, 2.45) is 0 Å². The Labute approximate surface area is 401 Å². The third-order valence-corrected chi connectivity index (χ3v) is 14.7. The van der Waals surface area contributed by atoms with Crippen molar-refractivity contribution in [3.05, 3.63) is 237 Å². The molecule has 0 radical (unpaired) electrons. The first kappa shape index (κ1) is 39.2. The summed E-state index contributed by atoms with van der Waals surface area (Å²) in [5.41, 5.74) is 14.6. The molecule has 0 aliphatic heterocycles. The van der Waals surface area contributed by atoms with E-state index in [-0.39, 0.29) is 0 Å². The summed E-state index contributed by atoms with van der Waals surface area (Å²) in [7, 11) is 0. The summed E-state index contributed by atoms with van der Waals surface area (Å²) in [4.78, 5) is 15.0. The lowest BCUT2D eigenvalue weighted by molar-refractivity contribution is 1.07. The van der Waals surface area contributed by atoms with Crippen LogP contribution in [0.1, 0.15) is 0 Å². The minimum absolute atomic E-state index is 0.652. The van der Waals surface area contributed by atoms with E-state index in [2.05, 4.69) is 185 Å². The smallest absolute Gasteiger partial charge is 0.164 e. The second-order valence-electron chi connectivity index (χ2n) is 17.6. The average molecular weight is 898 g/mol. The van der Waals surface area contributed by atoms with Crippen LogP contribution in [0.2, 0.25) is 0 Å². The zero-order valence-corrected chi connectivity index (χ0v) is 38.0. The van der Waals surface area contributed by atoms with Gasteiger partial charge in [0.1, 0.15) is 0 Å². The van der Waals surface area contributed by atoms with Gasteiger partial charge in [-0.25, -0.2) is 15.0 Å². The summed E-state index contributed by atoms with van der Waals surface area (Å²) >= 11 is 1.82. The van der Waals surface area contributed by atoms with Crippen LogP contribution in [-0.4, -0.2) is 24.1 Å². The monoisotopic (exact) mass is 897 g/mol. The van der Waals surface area contributed by atoms with Gasteiger partial charge in [0.15, 0.2) is 17.5 Å². The first-order chi connectivity index (χ1) is 34.2. The zero-order valence-electron chi connectivity index (χ0n) is 37.2. The quantitative estimate of drug-likeness (QED) is 0.160. The van der Waals surface area contributed by atoms with E-state index < -0.39 is 0 Å². The van der Waals surface area contributed by atoms with E-state index in [9.17, 15) is 0 Å². The van der Waals surface area contributed by atoms with E-state index in [0.29, 0.717) is 17.5 Å². The van der Waals surface area contributed by atoms with Crippen molar-refractivity contribution >= 4 is 75.1 Å². The highest BCUT2D eigenvalue weighted by molar-refractivity contribution is 7.25. The molecule has 4 aromatic heterocycles. The van der Waals surface area contributed by atoms with Gasteiger partial charge in [-0.2, -0.15) is 0 Å². The summed E-state index contributed by atoms with van der Waals surface area (Å²) in [6.07, 6.45) is 0. The number of hydrogen-bond acceptors (Lipinski definition) is 4. The highest BCUT2D eigenvalue weighted by Crippen LogP contribution is 2.42.